The van der Waals surface area contributed by atoms with E-state index in [1.165, 1.54) is 6.21 Å². The zero-order chi connectivity index (χ0) is 16.7. The molecule has 7 nitrogen and oxygen atoms in total. The second kappa shape index (κ2) is 8.28. The van der Waals surface area contributed by atoms with E-state index in [0.29, 0.717) is 0 Å². The fourth-order valence-electron chi connectivity index (χ4n) is 2.14. The van der Waals surface area contributed by atoms with E-state index in [0.717, 1.165) is 37.6 Å². The standard InChI is InChI=1S/C16H22N4O3/c1-12(2)18-15(21)16(22)19-17-11-13-3-5-14(6-4-13)20-7-9-23-10-8-20/h3-6,11-12H,7-10H2,1-2H3,(H,18,21)(H,19,22)/b17-11-. The Morgan fingerprint density at radius 2 is 1.83 bits per heavy atom. The van der Waals surface area contributed by atoms with E-state index in [9.17, 15) is 9.59 Å². The van der Waals surface area contributed by atoms with Gasteiger partial charge < -0.3 is 15.0 Å². The molecule has 0 saturated carbocycles. The van der Waals surface area contributed by atoms with Gasteiger partial charge in [-0.3, -0.25) is 9.59 Å². The Balaban J connectivity index is 1.85. The van der Waals surface area contributed by atoms with Crippen LogP contribution in [-0.4, -0.2) is 50.4 Å². The number of carbonyl (C=O) groups excluding carboxylic acids is 2. The highest BCUT2D eigenvalue weighted by Crippen LogP contribution is 2.15. The normalized spacial score (nSPS) is 15.0. The van der Waals surface area contributed by atoms with Crippen molar-refractivity contribution < 1.29 is 14.3 Å². The molecule has 23 heavy (non-hydrogen) atoms. The fraction of sp³-hybridized carbons (Fsp3) is 0.438. The SMILES string of the molecule is CC(C)NC(=O)C(=O)N/N=C\c1ccc(N2CCOCC2)cc1. The molecule has 1 saturated heterocycles. The average Bonchev–Trinajstić information content (AvgIpc) is 2.55. The first-order valence-electron chi connectivity index (χ1n) is 7.63. The summed E-state index contributed by atoms with van der Waals surface area (Å²) < 4.78 is 5.33. The van der Waals surface area contributed by atoms with Crippen molar-refractivity contribution in [3.8, 4) is 0 Å². The summed E-state index contributed by atoms with van der Waals surface area (Å²) in [6.45, 7) is 6.82. The molecule has 0 unspecified atom stereocenters. The van der Waals surface area contributed by atoms with Crippen LogP contribution in [0.15, 0.2) is 29.4 Å². The van der Waals surface area contributed by atoms with Crippen LogP contribution in [0.2, 0.25) is 0 Å². The van der Waals surface area contributed by atoms with Gasteiger partial charge in [0.05, 0.1) is 19.4 Å². The lowest BCUT2D eigenvalue weighted by molar-refractivity contribution is -0.139. The van der Waals surface area contributed by atoms with E-state index in [-0.39, 0.29) is 6.04 Å². The quantitative estimate of drug-likeness (QED) is 0.481. The van der Waals surface area contributed by atoms with Crippen molar-refractivity contribution in [2.45, 2.75) is 19.9 Å². The number of nitrogens with one attached hydrogen (secondary N) is 2. The van der Waals surface area contributed by atoms with E-state index >= 15 is 0 Å². The number of ether oxygens (including phenoxy) is 1. The predicted molar refractivity (Wildman–Crippen MR) is 88.5 cm³/mol. The lowest BCUT2D eigenvalue weighted by Gasteiger charge is -2.28. The number of benzene rings is 1. The van der Waals surface area contributed by atoms with Gasteiger partial charge in [-0.25, -0.2) is 5.43 Å². The number of anilines is 1. The molecule has 1 aromatic rings. The van der Waals surface area contributed by atoms with Gasteiger partial charge in [0.2, 0.25) is 0 Å². The minimum Gasteiger partial charge on any atom is -0.378 e. The number of rotatable bonds is 4. The molecule has 7 heteroatoms. The molecule has 0 bridgehead atoms. The Morgan fingerprint density at radius 3 is 2.43 bits per heavy atom. The van der Waals surface area contributed by atoms with Crippen LogP contribution in [0.1, 0.15) is 19.4 Å². The summed E-state index contributed by atoms with van der Waals surface area (Å²) in [7, 11) is 0. The van der Waals surface area contributed by atoms with Gasteiger partial charge in [-0.15, -0.1) is 0 Å². The summed E-state index contributed by atoms with van der Waals surface area (Å²) in [5.41, 5.74) is 4.18. The molecule has 0 aromatic heterocycles. The predicted octanol–water partition coefficient (Wildman–Crippen LogP) is 0.498. The third kappa shape index (κ3) is 5.37. The maximum Gasteiger partial charge on any atom is 0.329 e. The minimum atomic E-state index is -0.778. The van der Waals surface area contributed by atoms with Crippen molar-refractivity contribution in [2.75, 3.05) is 31.2 Å². The molecule has 1 aliphatic heterocycles. The third-order valence-electron chi connectivity index (χ3n) is 3.28. The monoisotopic (exact) mass is 318 g/mol. The highest BCUT2D eigenvalue weighted by molar-refractivity contribution is 6.35. The van der Waals surface area contributed by atoms with Crippen molar-refractivity contribution in [1.29, 1.82) is 0 Å². The molecule has 2 N–H and O–H groups in total. The number of nitrogens with zero attached hydrogens (tertiary/aromatic N) is 2. The van der Waals surface area contributed by atoms with Crippen molar-refractivity contribution in [2.24, 2.45) is 5.10 Å². The number of hydrogen-bond donors (Lipinski definition) is 2. The lowest BCUT2D eigenvalue weighted by atomic mass is 10.2. The van der Waals surface area contributed by atoms with Crippen molar-refractivity contribution in [3.05, 3.63) is 29.8 Å². The van der Waals surface area contributed by atoms with Gasteiger partial charge in [0, 0.05) is 24.8 Å². The molecule has 1 heterocycles. The smallest absolute Gasteiger partial charge is 0.329 e. The van der Waals surface area contributed by atoms with Crippen LogP contribution < -0.4 is 15.6 Å². The zero-order valence-corrected chi connectivity index (χ0v) is 13.4. The Bertz CT molecular complexity index is 563. The van der Waals surface area contributed by atoms with Crippen molar-refractivity contribution >= 4 is 23.7 Å². The highest BCUT2D eigenvalue weighted by atomic mass is 16.5. The first-order chi connectivity index (χ1) is 11.1. The van der Waals surface area contributed by atoms with Crippen LogP contribution in [0.3, 0.4) is 0 Å². The molecule has 1 aliphatic rings. The summed E-state index contributed by atoms with van der Waals surface area (Å²) in [5, 5.41) is 6.29. The van der Waals surface area contributed by atoms with Crippen LogP contribution in [0.25, 0.3) is 0 Å². The van der Waals surface area contributed by atoms with E-state index in [4.69, 9.17) is 4.74 Å². The van der Waals surface area contributed by atoms with Crippen molar-refractivity contribution in [1.82, 2.24) is 10.7 Å². The zero-order valence-electron chi connectivity index (χ0n) is 13.4. The Labute approximate surface area is 135 Å². The molecule has 2 rings (SSSR count). The number of morpholine rings is 1. The van der Waals surface area contributed by atoms with Gasteiger partial charge in [-0.05, 0) is 31.5 Å². The first kappa shape index (κ1) is 17.0. The molecule has 0 atom stereocenters. The average molecular weight is 318 g/mol. The van der Waals surface area contributed by atoms with Gasteiger partial charge in [0.15, 0.2) is 0 Å². The number of amides is 2. The van der Waals surface area contributed by atoms with E-state index in [2.05, 4.69) is 20.7 Å². The van der Waals surface area contributed by atoms with Gasteiger partial charge in [-0.2, -0.15) is 5.10 Å². The molecule has 124 valence electrons. The topological polar surface area (TPSA) is 83.0 Å². The second-order valence-corrected chi connectivity index (χ2v) is 5.52. The van der Waals surface area contributed by atoms with Gasteiger partial charge in [0.1, 0.15) is 0 Å². The Hall–Kier alpha value is -2.41. The van der Waals surface area contributed by atoms with E-state index < -0.39 is 11.8 Å². The molecule has 0 aliphatic carbocycles. The van der Waals surface area contributed by atoms with E-state index in [1.54, 1.807) is 13.8 Å². The molecule has 1 aromatic carbocycles. The number of hydrazone groups is 1. The summed E-state index contributed by atoms with van der Waals surface area (Å²) in [6, 6.07) is 7.73. The van der Waals surface area contributed by atoms with Gasteiger partial charge in [-0.1, -0.05) is 12.1 Å². The van der Waals surface area contributed by atoms with Gasteiger partial charge in [0.25, 0.3) is 0 Å². The number of hydrogen-bond acceptors (Lipinski definition) is 5. The van der Waals surface area contributed by atoms with Gasteiger partial charge >= 0.3 is 11.8 Å². The summed E-state index contributed by atoms with van der Waals surface area (Å²) in [6.07, 6.45) is 1.50. The Morgan fingerprint density at radius 1 is 1.17 bits per heavy atom. The summed E-state index contributed by atoms with van der Waals surface area (Å²) in [4.78, 5) is 25.1. The van der Waals surface area contributed by atoms with Crippen LogP contribution in [0.4, 0.5) is 5.69 Å². The highest BCUT2D eigenvalue weighted by Gasteiger charge is 2.13. The molecular formula is C16H22N4O3. The van der Waals surface area contributed by atoms with Crippen LogP contribution in [0.5, 0.6) is 0 Å². The molecule has 0 radical (unpaired) electrons. The molecular weight excluding hydrogens is 296 g/mol. The van der Waals surface area contributed by atoms with Crippen LogP contribution in [0, 0.1) is 0 Å². The largest absolute Gasteiger partial charge is 0.378 e. The molecule has 0 spiro atoms. The maximum absolute atomic E-state index is 11.5. The minimum absolute atomic E-state index is 0.0926. The van der Waals surface area contributed by atoms with Crippen molar-refractivity contribution in [3.63, 3.8) is 0 Å². The maximum atomic E-state index is 11.5. The van der Waals surface area contributed by atoms with Crippen LogP contribution in [-0.2, 0) is 14.3 Å². The van der Waals surface area contributed by atoms with Crippen LogP contribution >= 0.6 is 0 Å². The third-order valence-corrected chi connectivity index (χ3v) is 3.28. The summed E-state index contributed by atoms with van der Waals surface area (Å²) >= 11 is 0. The summed E-state index contributed by atoms with van der Waals surface area (Å²) in [5.74, 6) is -1.47. The molecule has 1 fully saturated rings. The first-order valence-corrected chi connectivity index (χ1v) is 7.63. The van der Waals surface area contributed by atoms with E-state index in [1.807, 2.05) is 24.3 Å². The Kier molecular flexibility index (Phi) is 6.10. The second-order valence-electron chi connectivity index (χ2n) is 5.52. The molecule has 2 amide bonds. The fourth-order valence-corrected chi connectivity index (χ4v) is 2.14. The number of carbonyl (C=O) groups is 2. The lowest BCUT2D eigenvalue weighted by Crippen LogP contribution is -2.41.